The van der Waals surface area contributed by atoms with Crippen molar-refractivity contribution in [2.45, 2.75) is 78.5 Å². The van der Waals surface area contributed by atoms with E-state index >= 15 is 0 Å². The van der Waals surface area contributed by atoms with Crippen molar-refractivity contribution in [1.82, 2.24) is 0 Å². The van der Waals surface area contributed by atoms with Crippen LogP contribution in [-0.2, 0) is 97.5 Å². The third kappa shape index (κ3) is 14.4. The molecule has 0 aromatic heterocycles. The molecule has 4 aliphatic heterocycles. The highest BCUT2D eigenvalue weighted by molar-refractivity contribution is 5.59. The van der Waals surface area contributed by atoms with E-state index in [1.54, 1.807) is 0 Å². The summed E-state index contributed by atoms with van der Waals surface area (Å²) < 4.78 is 54.2. The Balaban J connectivity index is 1.21. The highest BCUT2D eigenvalue weighted by atomic mass is 16.5. The molecule has 0 spiro atoms. The molecule has 8 nitrogen and oxygen atoms in total. The number of rotatable bonds is 12. The van der Waals surface area contributed by atoms with Crippen molar-refractivity contribution < 1.29 is 37.9 Å². The Labute approximate surface area is 469 Å². The van der Waals surface area contributed by atoms with Crippen molar-refractivity contribution >= 4 is 0 Å². The van der Waals surface area contributed by atoms with E-state index in [4.69, 9.17) is 37.9 Å². The van der Waals surface area contributed by atoms with Gasteiger partial charge in [0.2, 0.25) is 0 Å². The van der Waals surface area contributed by atoms with Crippen LogP contribution in [0.1, 0.15) is 89.0 Å². The van der Waals surface area contributed by atoms with E-state index in [1.807, 2.05) is 72.8 Å². The van der Waals surface area contributed by atoms with Crippen LogP contribution in [0.2, 0.25) is 0 Å². The Bertz CT molecular complexity index is 3110. The van der Waals surface area contributed by atoms with Crippen LogP contribution in [0.3, 0.4) is 0 Å². The smallest absolute Gasteiger partial charge is 0.126 e. The lowest BCUT2D eigenvalue weighted by Crippen LogP contribution is -2.12. The summed E-state index contributed by atoms with van der Waals surface area (Å²) in [6, 6.07) is 58.9. The SMILES string of the molecule is C1#CCOCc2cc3c(OCc4ccccc4)c(c2)Cc2cc4cc(c2OCc2ccccc2)Cc2cc(cc(c2OCc2ccccc2)Cc2cc(cc(c2OCc2ccccc2)C3)COCC#CC#CCOC4)COCC#C1. The summed E-state index contributed by atoms with van der Waals surface area (Å²) in [6.45, 7) is 3.31. The molecule has 12 bridgehead atoms. The van der Waals surface area contributed by atoms with E-state index in [9.17, 15) is 0 Å². The Morgan fingerprint density at radius 3 is 0.675 bits per heavy atom. The predicted molar refractivity (Wildman–Crippen MR) is 310 cm³/mol. The Morgan fingerprint density at radius 2 is 0.475 bits per heavy atom. The van der Waals surface area contributed by atoms with E-state index in [0.717, 1.165) is 112 Å². The molecule has 0 amide bonds. The van der Waals surface area contributed by atoms with Gasteiger partial charge in [-0.2, -0.15) is 0 Å². The molecule has 13 rings (SSSR count). The van der Waals surface area contributed by atoms with Gasteiger partial charge in [-0.3, -0.25) is 0 Å². The fourth-order valence-electron chi connectivity index (χ4n) is 10.4. The van der Waals surface area contributed by atoms with Gasteiger partial charge in [0.05, 0.1) is 26.4 Å². The maximum atomic E-state index is 7.21. The maximum Gasteiger partial charge on any atom is 0.126 e. The molecular weight excluding hydrogens is 993 g/mol. The zero-order chi connectivity index (χ0) is 54.0. The van der Waals surface area contributed by atoms with Gasteiger partial charge >= 0.3 is 0 Å². The van der Waals surface area contributed by atoms with Crippen molar-refractivity contribution in [3.05, 3.63) is 259 Å². The van der Waals surface area contributed by atoms with Gasteiger partial charge in [0.15, 0.2) is 0 Å². The quantitative estimate of drug-likeness (QED) is 0.112. The third-order valence-corrected chi connectivity index (χ3v) is 13.9. The number of fused-ring (bicyclic) bond motifs is 14. The number of benzene rings is 8. The molecular formula is C72H60O8. The predicted octanol–water partition coefficient (Wildman–Crippen LogP) is 12.8. The minimum atomic E-state index is 0.192. The monoisotopic (exact) mass is 1050 g/mol. The van der Waals surface area contributed by atoms with Gasteiger partial charge in [-0.15, -0.1) is 0 Å². The van der Waals surface area contributed by atoms with Crippen LogP contribution in [0.5, 0.6) is 23.0 Å². The third-order valence-electron chi connectivity index (χ3n) is 13.9. The lowest BCUT2D eigenvalue weighted by Gasteiger charge is -2.25. The minimum Gasteiger partial charge on any atom is -0.488 e. The summed E-state index contributed by atoms with van der Waals surface area (Å²) in [7, 11) is 0. The van der Waals surface area contributed by atoms with Gasteiger partial charge in [-0.05, 0) is 161 Å². The normalized spacial score (nSPS) is 13.9. The first-order valence-corrected chi connectivity index (χ1v) is 27.1. The van der Waals surface area contributed by atoms with E-state index in [2.05, 4.69) is 144 Å². The topological polar surface area (TPSA) is 73.8 Å². The molecule has 8 aromatic rings. The van der Waals surface area contributed by atoms with Crippen LogP contribution in [0.15, 0.2) is 170 Å². The lowest BCUT2D eigenvalue weighted by molar-refractivity contribution is 0.153. The van der Waals surface area contributed by atoms with Gasteiger partial charge in [0, 0.05) is 25.7 Å². The summed E-state index contributed by atoms with van der Waals surface area (Å²) >= 11 is 0. The summed E-state index contributed by atoms with van der Waals surface area (Å²) in [5, 5.41) is 0. The van der Waals surface area contributed by atoms with E-state index in [1.165, 1.54) is 0 Å². The minimum absolute atomic E-state index is 0.192. The van der Waals surface area contributed by atoms with E-state index < -0.39 is 0 Å². The number of hydrogen-bond acceptors (Lipinski definition) is 8. The van der Waals surface area contributed by atoms with E-state index in [-0.39, 0.29) is 26.4 Å². The van der Waals surface area contributed by atoms with Gasteiger partial charge in [0.25, 0.3) is 0 Å². The van der Waals surface area contributed by atoms with Gasteiger partial charge in [-0.25, -0.2) is 0 Å². The second-order valence-corrected chi connectivity index (χ2v) is 20.0. The van der Waals surface area contributed by atoms with Crippen LogP contribution in [0.4, 0.5) is 0 Å². The van der Waals surface area contributed by atoms with Crippen LogP contribution < -0.4 is 18.9 Å². The summed E-state index contributed by atoms with van der Waals surface area (Å²) in [6.07, 6.45) is 1.75. The van der Waals surface area contributed by atoms with Crippen LogP contribution in [-0.4, -0.2) is 26.4 Å². The highest BCUT2D eigenvalue weighted by Gasteiger charge is 2.26. The fourth-order valence-corrected chi connectivity index (χ4v) is 10.4. The molecule has 0 saturated heterocycles. The molecule has 80 heavy (non-hydrogen) atoms. The Hall–Kier alpha value is -8.96. The molecule has 0 atom stereocenters. The van der Waals surface area contributed by atoms with Crippen LogP contribution in [0, 0.1) is 47.4 Å². The first kappa shape index (κ1) is 53.1. The van der Waals surface area contributed by atoms with Crippen LogP contribution in [0.25, 0.3) is 0 Å². The molecule has 0 N–H and O–H groups in total. The molecule has 8 aromatic carbocycles. The van der Waals surface area contributed by atoms with Gasteiger partial charge < -0.3 is 37.9 Å². The van der Waals surface area contributed by atoms with Crippen molar-refractivity contribution in [3.8, 4) is 70.4 Å². The highest BCUT2D eigenvalue weighted by Crippen LogP contribution is 2.42. The molecule has 0 unspecified atom stereocenters. The summed E-state index contributed by atoms with van der Waals surface area (Å²) in [5.74, 6) is 27.3. The second-order valence-electron chi connectivity index (χ2n) is 20.0. The van der Waals surface area contributed by atoms with E-state index in [0.29, 0.717) is 78.5 Å². The first-order valence-electron chi connectivity index (χ1n) is 27.1. The zero-order valence-electron chi connectivity index (χ0n) is 44.7. The number of ether oxygens (including phenoxy) is 8. The van der Waals surface area contributed by atoms with Crippen molar-refractivity contribution in [1.29, 1.82) is 0 Å². The maximum absolute atomic E-state index is 7.21. The molecule has 4 heterocycles. The molecule has 5 aliphatic rings. The average Bonchev–Trinajstić information content (AvgIpc) is 3.54. The standard InChI is InChI=1S/C72H60O8/c1-2-18-30-74-46-58-35-63-43-67-39-59-37-65(71(67)79-51-55-25-13-7-14-26-55)41-61-33-57(45-73-29-17-1)34-62(69(61)77-49-53-21-9-5-10-22-53)42-66-38-60(48-76-32-20-4-3-19-31-75-47-59)40-68(72(66)80-52-56-27-15-8-16-28-56)44-64(36-58)70(63)78-50-54-23-11-6-12-24-54/h5-16,21-28,33-40H,29-32,41-52H2. The summed E-state index contributed by atoms with van der Waals surface area (Å²) in [4.78, 5) is 0. The first-order chi connectivity index (χ1) is 39.6. The largest absolute Gasteiger partial charge is 0.488 e. The molecule has 0 radical (unpaired) electrons. The average molecular weight is 1050 g/mol. The van der Waals surface area contributed by atoms with Crippen LogP contribution >= 0.6 is 0 Å². The van der Waals surface area contributed by atoms with Gasteiger partial charge in [-0.1, -0.05) is 145 Å². The number of hydrogen-bond donors (Lipinski definition) is 0. The lowest BCUT2D eigenvalue weighted by atomic mass is 9.88. The zero-order valence-corrected chi connectivity index (χ0v) is 44.7. The molecule has 0 saturated carbocycles. The van der Waals surface area contributed by atoms with Crippen molar-refractivity contribution in [2.75, 3.05) is 26.4 Å². The molecule has 1 aliphatic carbocycles. The molecule has 396 valence electrons. The second kappa shape index (κ2) is 27.1. The van der Waals surface area contributed by atoms with Crippen molar-refractivity contribution in [2.24, 2.45) is 0 Å². The Morgan fingerprint density at radius 1 is 0.275 bits per heavy atom. The fraction of sp³-hybridized carbons (Fsp3) is 0.222. The van der Waals surface area contributed by atoms with Gasteiger partial charge in [0.1, 0.15) is 75.9 Å². The Kier molecular flexibility index (Phi) is 18.0. The van der Waals surface area contributed by atoms with Crippen molar-refractivity contribution in [3.63, 3.8) is 0 Å². The molecule has 8 heteroatoms. The molecule has 0 fully saturated rings. The summed E-state index contributed by atoms with van der Waals surface area (Å²) in [5.41, 5.74) is 15.8.